The minimum absolute atomic E-state index is 0.0615. The van der Waals surface area contributed by atoms with E-state index in [1.54, 1.807) is 17.1 Å². The summed E-state index contributed by atoms with van der Waals surface area (Å²) in [5, 5.41) is 14.2. The van der Waals surface area contributed by atoms with Gasteiger partial charge in [0.25, 0.3) is 0 Å². The predicted octanol–water partition coefficient (Wildman–Crippen LogP) is 4.05. The Hall–Kier alpha value is -3.22. The number of ketones is 1. The van der Waals surface area contributed by atoms with E-state index in [4.69, 9.17) is 0 Å². The van der Waals surface area contributed by atoms with E-state index in [1.165, 1.54) is 0 Å². The fourth-order valence-corrected chi connectivity index (χ4v) is 4.43. The third kappa shape index (κ3) is 3.92. The van der Waals surface area contributed by atoms with Crippen molar-refractivity contribution >= 4 is 17.4 Å². The Bertz CT molecular complexity index is 1070. The van der Waals surface area contributed by atoms with Crippen molar-refractivity contribution in [1.82, 2.24) is 20.0 Å². The average molecular weight is 406 g/mol. The molecule has 30 heavy (non-hydrogen) atoms. The maximum absolute atomic E-state index is 13.4. The van der Waals surface area contributed by atoms with Gasteiger partial charge in [-0.15, -0.1) is 0 Å². The molecular formula is C23H27N5O2. The standard InChI is InChI=1S/C23H27N5O2/c1-14-12-16(20-10-11-24-26-20)8-9-17(14)22(29)18-6-4-5-7-19(18)23(30)25-21-13-28(3)27-15(21)2/h8-13,18-19H,4-7H2,1-3H3,(H,24,26)(H,25,30)/t18-,19-/m1/s1. The van der Waals surface area contributed by atoms with E-state index >= 15 is 0 Å². The first-order valence-electron chi connectivity index (χ1n) is 10.4. The second-order valence-electron chi connectivity index (χ2n) is 8.15. The summed E-state index contributed by atoms with van der Waals surface area (Å²) in [6.07, 6.45) is 6.91. The highest BCUT2D eigenvalue weighted by Gasteiger charge is 2.36. The molecule has 1 amide bonds. The number of rotatable bonds is 5. The van der Waals surface area contributed by atoms with E-state index in [-0.39, 0.29) is 23.5 Å². The van der Waals surface area contributed by atoms with Crippen molar-refractivity contribution in [3.05, 3.63) is 53.5 Å². The van der Waals surface area contributed by atoms with Crippen LogP contribution in [-0.2, 0) is 11.8 Å². The zero-order chi connectivity index (χ0) is 21.3. The third-order valence-corrected chi connectivity index (χ3v) is 6.01. The van der Waals surface area contributed by atoms with E-state index in [9.17, 15) is 9.59 Å². The number of aryl methyl sites for hydroxylation is 3. The summed E-state index contributed by atoms with van der Waals surface area (Å²) in [6.45, 7) is 3.81. The van der Waals surface area contributed by atoms with Crippen LogP contribution in [0.4, 0.5) is 5.69 Å². The van der Waals surface area contributed by atoms with Gasteiger partial charge in [-0.05, 0) is 49.9 Å². The van der Waals surface area contributed by atoms with Gasteiger partial charge in [-0.1, -0.05) is 25.0 Å². The number of H-pyrrole nitrogens is 1. The summed E-state index contributed by atoms with van der Waals surface area (Å²) in [5.41, 5.74) is 5.00. The number of hydrogen-bond acceptors (Lipinski definition) is 4. The lowest BCUT2D eigenvalue weighted by Crippen LogP contribution is -2.36. The van der Waals surface area contributed by atoms with Crippen LogP contribution in [0.3, 0.4) is 0 Å². The molecule has 1 saturated carbocycles. The number of benzene rings is 1. The zero-order valence-electron chi connectivity index (χ0n) is 17.6. The number of hydrogen-bond donors (Lipinski definition) is 2. The molecule has 2 N–H and O–H groups in total. The van der Waals surface area contributed by atoms with Gasteiger partial charge in [0.2, 0.25) is 5.91 Å². The fourth-order valence-electron chi connectivity index (χ4n) is 4.43. The Labute approximate surface area is 175 Å². The van der Waals surface area contributed by atoms with Crippen molar-refractivity contribution < 1.29 is 9.59 Å². The van der Waals surface area contributed by atoms with Crippen molar-refractivity contribution in [1.29, 1.82) is 0 Å². The fraction of sp³-hybridized carbons (Fsp3) is 0.391. The van der Waals surface area contributed by atoms with Crippen LogP contribution in [0, 0.1) is 25.7 Å². The summed E-state index contributed by atoms with van der Waals surface area (Å²) in [6, 6.07) is 7.71. The Kier molecular flexibility index (Phi) is 5.53. The highest BCUT2D eigenvalue weighted by molar-refractivity contribution is 6.04. The quantitative estimate of drug-likeness (QED) is 0.626. The number of carbonyl (C=O) groups excluding carboxylic acids is 2. The first-order chi connectivity index (χ1) is 14.4. The second kappa shape index (κ2) is 8.26. The van der Waals surface area contributed by atoms with Crippen LogP contribution in [0.2, 0.25) is 0 Å². The number of anilines is 1. The molecule has 1 aromatic carbocycles. The molecule has 0 aliphatic heterocycles. The minimum atomic E-state index is -0.322. The van der Waals surface area contributed by atoms with Gasteiger partial charge in [-0.2, -0.15) is 10.2 Å². The topological polar surface area (TPSA) is 92.7 Å². The SMILES string of the molecule is Cc1cc(-c2ccn[nH]2)ccc1C(=O)[C@@H]1CCCC[C@H]1C(=O)Nc1cn(C)nc1C. The van der Waals surface area contributed by atoms with Gasteiger partial charge in [-0.3, -0.25) is 19.4 Å². The van der Waals surface area contributed by atoms with Crippen molar-refractivity contribution in [3.8, 4) is 11.3 Å². The van der Waals surface area contributed by atoms with Crippen LogP contribution >= 0.6 is 0 Å². The van der Waals surface area contributed by atoms with Crippen LogP contribution in [-0.4, -0.2) is 31.7 Å². The van der Waals surface area contributed by atoms with Gasteiger partial charge < -0.3 is 5.32 Å². The van der Waals surface area contributed by atoms with Gasteiger partial charge in [0, 0.05) is 36.8 Å². The molecule has 0 saturated heterocycles. The van der Waals surface area contributed by atoms with Gasteiger partial charge in [0.15, 0.2) is 5.78 Å². The highest BCUT2D eigenvalue weighted by atomic mass is 16.2. The number of Topliss-reactive ketones (excluding diaryl/α,β-unsaturated/α-hetero) is 1. The van der Waals surface area contributed by atoms with Gasteiger partial charge in [0.05, 0.1) is 17.1 Å². The predicted molar refractivity (Wildman–Crippen MR) is 115 cm³/mol. The van der Waals surface area contributed by atoms with E-state index in [2.05, 4.69) is 20.6 Å². The van der Waals surface area contributed by atoms with E-state index in [0.29, 0.717) is 11.3 Å². The summed E-state index contributed by atoms with van der Waals surface area (Å²) in [5.74, 6) is -0.646. The molecule has 156 valence electrons. The average Bonchev–Trinajstić information content (AvgIpc) is 3.37. The van der Waals surface area contributed by atoms with Crippen molar-refractivity contribution in [2.75, 3.05) is 5.32 Å². The van der Waals surface area contributed by atoms with Gasteiger partial charge in [0.1, 0.15) is 0 Å². The van der Waals surface area contributed by atoms with Crippen molar-refractivity contribution in [3.63, 3.8) is 0 Å². The molecule has 1 aliphatic carbocycles. The Morgan fingerprint density at radius 1 is 1.13 bits per heavy atom. The smallest absolute Gasteiger partial charge is 0.228 e. The third-order valence-electron chi connectivity index (χ3n) is 6.01. The maximum atomic E-state index is 13.4. The van der Waals surface area contributed by atoms with E-state index < -0.39 is 0 Å². The van der Waals surface area contributed by atoms with Crippen LogP contribution in [0.1, 0.15) is 47.3 Å². The molecule has 7 nitrogen and oxygen atoms in total. The molecule has 0 unspecified atom stereocenters. The zero-order valence-corrected chi connectivity index (χ0v) is 17.6. The number of aromatic nitrogens is 4. The lowest BCUT2D eigenvalue weighted by atomic mass is 9.74. The Morgan fingerprint density at radius 3 is 2.53 bits per heavy atom. The number of amides is 1. The maximum Gasteiger partial charge on any atom is 0.228 e. The number of nitrogens with zero attached hydrogens (tertiary/aromatic N) is 3. The summed E-state index contributed by atoms with van der Waals surface area (Å²) < 4.78 is 1.68. The molecule has 0 spiro atoms. The Balaban J connectivity index is 1.55. The Morgan fingerprint density at radius 2 is 1.90 bits per heavy atom. The molecule has 7 heteroatoms. The van der Waals surface area contributed by atoms with Crippen LogP contribution < -0.4 is 5.32 Å². The largest absolute Gasteiger partial charge is 0.323 e. The number of carbonyl (C=O) groups is 2. The lowest BCUT2D eigenvalue weighted by Gasteiger charge is -2.30. The van der Waals surface area contributed by atoms with Gasteiger partial charge in [-0.25, -0.2) is 0 Å². The van der Waals surface area contributed by atoms with Gasteiger partial charge >= 0.3 is 0 Å². The molecule has 4 rings (SSSR count). The van der Waals surface area contributed by atoms with E-state index in [0.717, 1.165) is 48.2 Å². The van der Waals surface area contributed by atoms with E-state index in [1.807, 2.05) is 45.2 Å². The second-order valence-corrected chi connectivity index (χ2v) is 8.15. The van der Waals surface area contributed by atoms with Crippen molar-refractivity contribution in [2.24, 2.45) is 18.9 Å². The molecule has 0 bridgehead atoms. The molecular weight excluding hydrogens is 378 g/mol. The normalized spacial score (nSPS) is 18.9. The molecule has 1 fully saturated rings. The minimum Gasteiger partial charge on any atom is -0.323 e. The molecule has 1 aliphatic rings. The molecule has 2 aromatic heterocycles. The monoisotopic (exact) mass is 405 g/mol. The molecule has 0 radical (unpaired) electrons. The molecule has 2 heterocycles. The van der Waals surface area contributed by atoms with Crippen molar-refractivity contribution in [2.45, 2.75) is 39.5 Å². The first-order valence-corrected chi connectivity index (χ1v) is 10.4. The highest BCUT2D eigenvalue weighted by Crippen LogP contribution is 2.35. The number of nitrogens with one attached hydrogen (secondary N) is 2. The number of aromatic amines is 1. The lowest BCUT2D eigenvalue weighted by molar-refractivity contribution is -0.122. The summed E-state index contributed by atoms with van der Waals surface area (Å²) in [7, 11) is 1.82. The molecule has 2 atom stereocenters. The van der Waals surface area contributed by atoms with Crippen LogP contribution in [0.25, 0.3) is 11.3 Å². The molecule has 3 aromatic rings. The van der Waals surface area contributed by atoms with Crippen LogP contribution in [0.15, 0.2) is 36.7 Å². The first kappa shape index (κ1) is 20.1. The van der Waals surface area contributed by atoms with Crippen LogP contribution in [0.5, 0.6) is 0 Å². The summed E-state index contributed by atoms with van der Waals surface area (Å²) in [4.78, 5) is 26.5. The summed E-state index contributed by atoms with van der Waals surface area (Å²) >= 11 is 0.